The van der Waals surface area contributed by atoms with E-state index >= 15 is 0 Å². The second-order valence-corrected chi connectivity index (χ2v) is 1.57. The van der Waals surface area contributed by atoms with E-state index in [1.165, 1.54) is 0 Å². The van der Waals surface area contributed by atoms with Crippen molar-refractivity contribution in [2.75, 3.05) is 6.61 Å². The van der Waals surface area contributed by atoms with Crippen molar-refractivity contribution in [3.05, 3.63) is 25.0 Å². The molecule has 0 saturated carbocycles. The van der Waals surface area contributed by atoms with Crippen molar-refractivity contribution < 1.29 is 17.9 Å². The summed E-state index contributed by atoms with van der Waals surface area (Å²) in [6.07, 6.45) is -3.18. The smallest absolute Gasteiger partial charge is 0.422 e. The zero-order chi connectivity index (χ0) is 8.20. The minimum atomic E-state index is -4.30. The van der Waals surface area contributed by atoms with Crippen LogP contribution in [0.1, 0.15) is 0 Å². The summed E-state index contributed by atoms with van der Waals surface area (Å²) in [7, 11) is 0. The van der Waals surface area contributed by atoms with Crippen molar-refractivity contribution in [2.24, 2.45) is 0 Å². The maximum atomic E-state index is 11.4. The zero-order valence-corrected chi connectivity index (χ0v) is 5.24. The number of alkyl halides is 3. The summed E-state index contributed by atoms with van der Waals surface area (Å²) >= 11 is 0. The van der Waals surface area contributed by atoms with E-state index in [0.29, 0.717) is 0 Å². The molecule has 0 unspecified atom stereocenters. The number of halogens is 3. The van der Waals surface area contributed by atoms with Gasteiger partial charge in [0.25, 0.3) is 0 Å². The van der Waals surface area contributed by atoms with Crippen LogP contribution in [0.3, 0.4) is 0 Å². The van der Waals surface area contributed by atoms with Crippen LogP contribution in [0.5, 0.6) is 0 Å². The lowest BCUT2D eigenvalue weighted by Crippen LogP contribution is -2.15. The molecule has 1 nitrogen and oxygen atoms in total. The van der Waals surface area contributed by atoms with Gasteiger partial charge in [0, 0.05) is 0 Å². The SMILES string of the molecule is C=CC(=C)OCC(F)(F)F. The average Bonchev–Trinajstić information content (AvgIpc) is 1.81. The van der Waals surface area contributed by atoms with Gasteiger partial charge in [0.15, 0.2) is 6.61 Å². The Morgan fingerprint density at radius 3 is 2.30 bits per heavy atom. The van der Waals surface area contributed by atoms with Crippen molar-refractivity contribution >= 4 is 0 Å². The molecule has 0 atom stereocenters. The molecule has 10 heavy (non-hydrogen) atoms. The summed E-state index contributed by atoms with van der Waals surface area (Å²) in [6.45, 7) is 5.00. The van der Waals surface area contributed by atoms with Crippen LogP contribution in [0.2, 0.25) is 0 Å². The topological polar surface area (TPSA) is 9.23 Å². The van der Waals surface area contributed by atoms with Crippen LogP contribution < -0.4 is 0 Å². The van der Waals surface area contributed by atoms with Crippen molar-refractivity contribution in [1.29, 1.82) is 0 Å². The molecule has 0 aliphatic rings. The maximum absolute atomic E-state index is 11.4. The minimum absolute atomic E-state index is 0.0719. The van der Waals surface area contributed by atoms with Gasteiger partial charge in [0.2, 0.25) is 0 Å². The van der Waals surface area contributed by atoms with Gasteiger partial charge in [-0.05, 0) is 6.08 Å². The lowest BCUT2D eigenvalue weighted by atomic mass is 10.5. The number of hydrogen-bond acceptors (Lipinski definition) is 1. The maximum Gasteiger partial charge on any atom is 0.422 e. The molecule has 0 radical (unpaired) electrons. The lowest BCUT2D eigenvalue weighted by molar-refractivity contribution is -0.163. The molecule has 0 spiro atoms. The Kier molecular flexibility index (Phi) is 2.99. The van der Waals surface area contributed by atoms with E-state index in [1.807, 2.05) is 0 Å². The average molecular weight is 152 g/mol. The second kappa shape index (κ2) is 3.29. The normalized spacial score (nSPS) is 10.7. The highest BCUT2D eigenvalue weighted by molar-refractivity contribution is 5.01. The Morgan fingerprint density at radius 2 is 2.00 bits per heavy atom. The van der Waals surface area contributed by atoms with Gasteiger partial charge in [-0.25, -0.2) is 0 Å². The van der Waals surface area contributed by atoms with Crippen molar-refractivity contribution in [3.8, 4) is 0 Å². The number of rotatable bonds is 3. The van der Waals surface area contributed by atoms with E-state index in [4.69, 9.17) is 0 Å². The quantitative estimate of drug-likeness (QED) is 0.445. The Balaban J connectivity index is 3.55. The molecular weight excluding hydrogens is 145 g/mol. The van der Waals surface area contributed by atoms with Crippen LogP contribution in [0, 0.1) is 0 Å². The molecule has 0 bridgehead atoms. The summed E-state index contributed by atoms with van der Waals surface area (Å²) in [5, 5.41) is 0. The highest BCUT2D eigenvalue weighted by atomic mass is 19.4. The van der Waals surface area contributed by atoms with Gasteiger partial charge in [0.1, 0.15) is 5.76 Å². The molecule has 0 amide bonds. The fourth-order valence-corrected chi connectivity index (χ4v) is 0.233. The highest BCUT2D eigenvalue weighted by Crippen LogP contribution is 2.15. The Bertz CT molecular complexity index is 136. The predicted molar refractivity (Wildman–Crippen MR) is 31.3 cm³/mol. The van der Waals surface area contributed by atoms with Gasteiger partial charge >= 0.3 is 6.18 Å². The first-order chi connectivity index (χ1) is 4.45. The molecule has 0 heterocycles. The second-order valence-electron chi connectivity index (χ2n) is 1.57. The fraction of sp³-hybridized carbons (Fsp3) is 0.333. The summed E-state index contributed by atoms with van der Waals surface area (Å²) in [5.74, 6) is -0.0719. The van der Waals surface area contributed by atoms with Gasteiger partial charge in [-0.3, -0.25) is 0 Å². The van der Waals surface area contributed by atoms with E-state index in [2.05, 4.69) is 17.9 Å². The summed E-state index contributed by atoms with van der Waals surface area (Å²) in [5.41, 5.74) is 0. The molecule has 0 aromatic rings. The molecule has 58 valence electrons. The van der Waals surface area contributed by atoms with Crippen LogP contribution in [-0.4, -0.2) is 12.8 Å². The van der Waals surface area contributed by atoms with Gasteiger partial charge in [-0.1, -0.05) is 13.2 Å². The Labute approximate surface area is 56.8 Å². The third-order valence-electron chi connectivity index (χ3n) is 0.649. The largest absolute Gasteiger partial charge is 0.485 e. The van der Waals surface area contributed by atoms with E-state index < -0.39 is 12.8 Å². The van der Waals surface area contributed by atoms with Crippen LogP contribution in [-0.2, 0) is 4.74 Å². The minimum Gasteiger partial charge on any atom is -0.485 e. The first kappa shape index (κ1) is 9.07. The molecule has 0 fully saturated rings. The van der Waals surface area contributed by atoms with Crippen molar-refractivity contribution in [1.82, 2.24) is 0 Å². The first-order valence-electron chi connectivity index (χ1n) is 2.46. The fourth-order valence-electron chi connectivity index (χ4n) is 0.233. The molecule has 0 rings (SSSR count). The number of hydrogen-bond donors (Lipinski definition) is 0. The number of ether oxygens (including phenoxy) is 1. The highest BCUT2D eigenvalue weighted by Gasteiger charge is 2.28. The first-order valence-corrected chi connectivity index (χ1v) is 2.46. The van der Waals surface area contributed by atoms with Gasteiger partial charge in [-0.2, -0.15) is 13.2 Å². The van der Waals surface area contributed by atoms with E-state index in [-0.39, 0.29) is 5.76 Å². The molecule has 0 saturated heterocycles. The summed E-state index contributed by atoms with van der Waals surface area (Å²) in [6, 6.07) is 0. The monoisotopic (exact) mass is 152 g/mol. The molecular formula is C6H7F3O. The lowest BCUT2D eigenvalue weighted by Gasteiger charge is -2.07. The van der Waals surface area contributed by atoms with E-state index in [0.717, 1.165) is 6.08 Å². The van der Waals surface area contributed by atoms with Crippen LogP contribution in [0.4, 0.5) is 13.2 Å². The van der Waals surface area contributed by atoms with Crippen LogP contribution in [0.15, 0.2) is 25.0 Å². The number of allylic oxidation sites excluding steroid dienone is 1. The van der Waals surface area contributed by atoms with Crippen molar-refractivity contribution in [3.63, 3.8) is 0 Å². The Hall–Kier alpha value is -0.930. The molecule has 0 aliphatic carbocycles. The standard InChI is InChI=1S/C6H7F3O/c1-3-5(2)10-4-6(7,8)9/h3H,1-2,4H2. The van der Waals surface area contributed by atoms with Gasteiger partial charge in [0.05, 0.1) is 0 Å². The van der Waals surface area contributed by atoms with Crippen LogP contribution in [0.25, 0.3) is 0 Å². The molecule has 4 heteroatoms. The summed E-state index contributed by atoms with van der Waals surface area (Å²) < 4.78 is 38.2. The Morgan fingerprint density at radius 1 is 1.50 bits per heavy atom. The van der Waals surface area contributed by atoms with Crippen LogP contribution >= 0.6 is 0 Å². The third kappa shape index (κ3) is 5.21. The van der Waals surface area contributed by atoms with E-state index in [1.54, 1.807) is 0 Å². The van der Waals surface area contributed by atoms with Crippen molar-refractivity contribution in [2.45, 2.75) is 6.18 Å². The zero-order valence-electron chi connectivity index (χ0n) is 5.24. The predicted octanol–water partition coefficient (Wildman–Crippen LogP) is 2.27. The molecule has 0 aromatic heterocycles. The van der Waals surface area contributed by atoms with E-state index in [9.17, 15) is 13.2 Å². The molecule has 0 aliphatic heterocycles. The van der Waals surface area contributed by atoms with Gasteiger partial charge < -0.3 is 4.74 Å². The third-order valence-corrected chi connectivity index (χ3v) is 0.649. The molecule has 0 aromatic carbocycles. The summed E-state index contributed by atoms with van der Waals surface area (Å²) in [4.78, 5) is 0. The molecule has 0 N–H and O–H groups in total. The van der Waals surface area contributed by atoms with Gasteiger partial charge in [-0.15, -0.1) is 0 Å².